The fourth-order valence-electron chi connectivity index (χ4n) is 9.12. The van der Waals surface area contributed by atoms with Crippen LogP contribution < -0.4 is 0 Å². The molecule has 1 aliphatic rings. The fraction of sp³-hybridized carbons (Fsp3) is 0.0566. The van der Waals surface area contributed by atoms with Crippen LogP contribution in [0.3, 0.4) is 0 Å². The first-order valence-electron chi connectivity index (χ1n) is 19.9. The van der Waals surface area contributed by atoms with Crippen molar-refractivity contribution in [3.05, 3.63) is 193 Å². The number of amidine groups is 1. The van der Waals surface area contributed by atoms with E-state index in [1.807, 2.05) is 30.3 Å². The van der Waals surface area contributed by atoms with Gasteiger partial charge in [-0.3, -0.25) is 0 Å². The third kappa shape index (κ3) is 4.96. The van der Waals surface area contributed by atoms with Crippen LogP contribution in [0, 0.1) is 5.92 Å². The van der Waals surface area contributed by atoms with Gasteiger partial charge in [0, 0.05) is 54.9 Å². The lowest BCUT2D eigenvalue weighted by atomic mass is 9.91. The maximum absolute atomic E-state index is 6.60. The molecule has 58 heavy (non-hydrogen) atoms. The summed E-state index contributed by atoms with van der Waals surface area (Å²) in [6.45, 7) is 2.26. The predicted molar refractivity (Wildman–Crippen MR) is 241 cm³/mol. The van der Waals surface area contributed by atoms with E-state index in [9.17, 15) is 0 Å². The normalized spacial score (nSPS) is 17.7. The van der Waals surface area contributed by atoms with E-state index >= 15 is 0 Å². The van der Waals surface area contributed by atoms with Gasteiger partial charge in [-0.25, -0.2) is 9.98 Å². The molecule has 1 aliphatic heterocycles. The number of hydrogen-bond donors (Lipinski definition) is 0. The van der Waals surface area contributed by atoms with Crippen molar-refractivity contribution in [2.24, 2.45) is 15.9 Å². The SMILES string of the molecule is CC1C/C=C(c2c(-n3c4ccccc4c4cc5ccccc5cc43)ccc3oc4ccccc4c23)/N=C(c2ccccc2)\N=C/1c1cccc2c1oc1ccccc12. The molecule has 0 fully saturated rings. The van der Waals surface area contributed by atoms with Gasteiger partial charge >= 0.3 is 0 Å². The van der Waals surface area contributed by atoms with E-state index in [2.05, 4.69) is 157 Å². The summed E-state index contributed by atoms with van der Waals surface area (Å²) in [6.07, 6.45) is 3.02. The number of aromatic nitrogens is 1. The van der Waals surface area contributed by atoms with E-state index in [1.54, 1.807) is 0 Å². The van der Waals surface area contributed by atoms with Crippen molar-refractivity contribution in [1.29, 1.82) is 0 Å². The van der Waals surface area contributed by atoms with E-state index in [0.717, 1.165) is 88.7 Å². The molecule has 0 N–H and O–H groups in total. The maximum atomic E-state index is 6.60. The van der Waals surface area contributed by atoms with Crippen LogP contribution >= 0.6 is 0 Å². The minimum Gasteiger partial charge on any atom is -0.456 e. The van der Waals surface area contributed by atoms with Crippen molar-refractivity contribution < 1.29 is 8.83 Å². The molecule has 1 atom stereocenters. The molecule has 5 nitrogen and oxygen atoms in total. The van der Waals surface area contributed by atoms with E-state index in [1.165, 1.54) is 21.5 Å². The Bertz CT molecular complexity index is 3560. The molecule has 3 aromatic heterocycles. The van der Waals surface area contributed by atoms with E-state index in [-0.39, 0.29) is 5.92 Å². The van der Waals surface area contributed by atoms with E-state index in [0.29, 0.717) is 12.3 Å². The summed E-state index contributed by atoms with van der Waals surface area (Å²) >= 11 is 0. The zero-order valence-corrected chi connectivity index (χ0v) is 31.7. The Balaban J connectivity index is 1.17. The zero-order valence-electron chi connectivity index (χ0n) is 31.7. The summed E-state index contributed by atoms with van der Waals surface area (Å²) in [7, 11) is 0. The molecular weight excluding hydrogens is 711 g/mol. The van der Waals surface area contributed by atoms with Crippen LogP contribution in [0.1, 0.15) is 30.0 Å². The average molecular weight is 746 g/mol. The molecule has 11 aromatic rings. The predicted octanol–water partition coefficient (Wildman–Crippen LogP) is 14.1. The molecule has 0 saturated carbocycles. The second kappa shape index (κ2) is 12.8. The number of aliphatic imine (C=N–C) groups is 2. The molecule has 1 unspecified atom stereocenters. The second-order valence-electron chi connectivity index (χ2n) is 15.3. The van der Waals surface area contributed by atoms with Gasteiger partial charge in [0.15, 0.2) is 5.84 Å². The van der Waals surface area contributed by atoms with Gasteiger partial charge in [0.25, 0.3) is 0 Å². The van der Waals surface area contributed by atoms with Crippen molar-refractivity contribution in [2.75, 3.05) is 0 Å². The first-order chi connectivity index (χ1) is 28.7. The summed E-state index contributed by atoms with van der Waals surface area (Å²) in [6, 6.07) is 59.6. The molecule has 0 spiro atoms. The van der Waals surface area contributed by atoms with E-state index < -0.39 is 0 Å². The number of para-hydroxylation sites is 4. The third-order valence-corrected chi connectivity index (χ3v) is 11.9. The molecule has 12 rings (SSSR count). The van der Waals surface area contributed by atoms with Crippen LogP contribution in [0.25, 0.3) is 87.8 Å². The van der Waals surface area contributed by atoms with Crippen molar-refractivity contribution in [2.45, 2.75) is 13.3 Å². The number of benzene rings is 8. The molecule has 0 radical (unpaired) electrons. The van der Waals surface area contributed by atoms with Crippen molar-refractivity contribution in [3.63, 3.8) is 0 Å². The van der Waals surface area contributed by atoms with E-state index in [4.69, 9.17) is 18.8 Å². The molecule has 0 bridgehead atoms. The molecule has 5 heteroatoms. The fourth-order valence-corrected chi connectivity index (χ4v) is 9.12. The quantitative estimate of drug-likeness (QED) is 0.180. The minimum absolute atomic E-state index is 0.0337. The van der Waals surface area contributed by atoms with Gasteiger partial charge in [-0.15, -0.1) is 0 Å². The standard InChI is InChI=1S/C53H35N3O2/c1-32-26-27-42(54-53(33-14-3-2-4-15-33)55-51(32)40-22-13-21-38-37-19-8-11-24-46(37)58-52(38)40)50-44(28-29-48-49(50)39-20-9-12-25-47(39)57-48)56-43-23-10-7-18-36(43)41-30-34-16-5-6-17-35(34)31-45(41)56/h2-25,27-32H,26H2,1H3/b42-27+,54-53-,55-51+. The smallest absolute Gasteiger partial charge is 0.160 e. The maximum Gasteiger partial charge on any atom is 0.160 e. The molecule has 8 aromatic carbocycles. The number of allylic oxidation sites excluding steroid dienone is 1. The van der Waals surface area contributed by atoms with Crippen LogP contribution in [0.15, 0.2) is 195 Å². The number of hydrogen-bond acceptors (Lipinski definition) is 4. The van der Waals surface area contributed by atoms with Gasteiger partial charge in [-0.1, -0.05) is 134 Å². The van der Waals surface area contributed by atoms with Crippen LogP contribution in [0.2, 0.25) is 0 Å². The van der Waals surface area contributed by atoms with Gasteiger partial charge in [-0.2, -0.15) is 0 Å². The Labute approximate surface area is 333 Å². The van der Waals surface area contributed by atoms with Gasteiger partial charge in [-0.05, 0) is 65.7 Å². The Kier molecular flexibility index (Phi) is 7.20. The van der Waals surface area contributed by atoms with Crippen LogP contribution in [0.4, 0.5) is 0 Å². The number of nitrogens with zero attached hydrogens (tertiary/aromatic N) is 3. The highest BCUT2D eigenvalue weighted by Gasteiger charge is 2.26. The largest absolute Gasteiger partial charge is 0.456 e. The summed E-state index contributed by atoms with van der Waals surface area (Å²) in [5, 5.41) is 9.09. The van der Waals surface area contributed by atoms with Crippen molar-refractivity contribution >= 4 is 93.7 Å². The highest BCUT2D eigenvalue weighted by molar-refractivity contribution is 6.22. The lowest BCUT2D eigenvalue weighted by molar-refractivity contribution is 0.666. The summed E-state index contributed by atoms with van der Waals surface area (Å²) in [4.78, 5) is 11.2. The first kappa shape index (κ1) is 32.7. The summed E-state index contributed by atoms with van der Waals surface area (Å²) in [5.74, 6) is 0.678. The van der Waals surface area contributed by atoms with Gasteiger partial charge in [0.1, 0.15) is 22.3 Å². The van der Waals surface area contributed by atoms with Gasteiger partial charge in [0.2, 0.25) is 0 Å². The molecular formula is C53H35N3O2. The molecule has 4 heterocycles. The van der Waals surface area contributed by atoms with Crippen molar-refractivity contribution in [1.82, 2.24) is 4.57 Å². The number of rotatable bonds is 4. The highest BCUT2D eigenvalue weighted by Crippen LogP contribution is 2.43. The summed E-state index contributed by atoms with van der Waals surface area (Å²) in [5.41, 5.74) is 11.4. The third-order valence-electron chi connectivity index (χ3n) is 11.9. The van der Waals surface area contributed by atoms with Crippen LogP contribution in [0.5, 0.6) is 0 Å². The molecule has 274 valence electrons. The lowest BCUT2D eigenvalue weighted by Gasteiger charge is -2.20. The van der Waals surface area contributed by atoms with Gasteiger partial charge in [0.05, 0.1) is 28.1 Å². The Hall–Kier alpha value is -7.50. The second-order valence-corrected chi connectivity index (χ2v) is 15.3. The van der Waals surface area contributed by atoms with Crippen LogP contribution in [-0.2, 0) is 0 Å². The highest BCUT2D eigenvalue weighted by atomic mass is 16.3. The topological polar surface area (TPSA) is 55.9 Å². The monoisotopic (exact) mass is 745 g/mol. The number of furan rings is 2. The van der Waals surface area contributed by atoms with Crippen LogP contribution in [-0.4, -0.2) is 16.1 Å². The number of fused-ring (bicyclic) bond motifs is 10. The Morgan fingerprint density at radius 1 is 0.534 bits per heavy atom. The average Bonchev–Trinajstić information content (AvgIpc) is 3.94. The first-order valence-corrected chi connectivity index (χ1v) is 19.9. The molecule has 0 aliphatic carbocycles. The molecule has 0 saturated heterocycles. The molecule has 0 amide bonds. The lowest BCUT2D eigenvalue weighted by Crippen LogP contribution is -2.17. The van der Waals surface area contributed by atoms with Gasteiger partial charge < -0.3 is 13.4 Å². The Morgan fingerprint density at radius 3 is 2.07 bits per heavy atom. The van der Waals surface area contributed by atoms with Crippen molar-refractivity contribution in [3.8, 4) is 5.69 Å². The summed E-state index contributed by atoms with van der Waals surface area (Å²) < 4.78 is 15.6. The Morgan fingerprint density at radius 2 is 1.22 bits per heavy atom. The minimum atomic E-state index is 0.0337. The zero-order chi connectivity index (χ0) is 38.3.